The van der Waals surface area contributed by atoms with Crippen molar-refractivity contribution >= 4 is 43.5 Å². The molecule has 0 aliphatic carbocycles. The van der Waals surface area contributed by atoms with Crippen molar-refractivity contribution < 1.29 is 4.74 Å². The van der Waals surface area contributed by atoms with E-state index in [1.807, 2.05) is 30.3 Å². The Bertz CT molecular complexity index is 599. The van der Waals surface area contributed by atoms with E-state index in [1.54, 1.807) is 7.11 Å². The largest absolute Gasteiger partial charge is 0.496 e. The third kappa shape index (κ3) is 3.15. The monoisotopic (exact) mass is 402 g/mol. The minimum absolute atomic E-state index is 0.181. The highest BCUT2D eigenvalue weighted by atomic mass is 79.9. The van der Waals surface area contributed by atoms with Crippen molar-refractivity contribution in [3.8, 4) is 5.75 Å². The fourth-order valence-electron chi connectivity index (χ4n) is 1.92. The molecule has 0 bridgehead atoms. The normalized spacial score (nSPS) is 12.3. The van der Waals surface area contributed by atoms with Crippen LogP contribution < -0.4 is 4.74 Å². The molecule has 0 fully saturated rings. The first-order valence-electron chi connectivity index (χ1n) is 5.77. The van der Waals surface area contributed by atoms with Gasteiger partial charge in [0.2, 0.25) is 0 Å². The van der Waals surface area contributed by atoms with Gasteiger partial charge in [0.1, 0.15) is 5.75 Å². The number of methoxy groups -OCH3 is 1. The number of hydrogen-bond acceptors (Lipinski definition) is 1. The van der Waals surface area contributed by atoms with E-state index < -0.39 is 0 Å². The van der Waals surface area contributed by atoms with Gasteiger partial charge in [-0.1, -0.05) is 34.1 Å². The van der Waals surface area contributed by atoms with E-state index in [1.165, 1.54) is 0 Å². The van der Waals surface area contributed by atoms with Gasteiger partial charge in [-0.25, -0.2) is 0 Å². The van der Waals surface area contributed by atoms with Crippen LogP contribution in [0, 0.1) is 6.92 Å². The fourth-order valence-corrected chi connectivity index (χ4v) is 3.23. The molecule has 0 aliphatic rings. The van der Waals surface area contributed by atoms with Gasteiger partial charge in [0.05, 0.1) is 17.0 Å². The van der Waals surface area contributed by atoms with Gasteiger partial charge in [-0.2, -0.15) is 0 Å². The van der Waals surface area contributed by atoms with Crippen LogP contribution in [0.25, 0.3) is 0 Å². The minimum Gasteiger partial charge on any atom is -0.496 e. The second-order valence-corrected chi connectivity index (χ2v) is 6.36. The van der Waals surface area contributed by atoms with Crippen LogP contribution in [0.15, 0.2) is 45.3 Å². The van der Waals surface area contributed by atoms with Crippen LogP contribution in [0.5, 0.6) is 5.75 Å². The quantitative estimate of drug-likeness (QED) is 0.583. The molecule has 2 aromatic carbocycles. The summed E-state index contributed by atoms with van der Waals surface area (Å²) in [6.07, 6.45) is 0. The van der Waals surface area contributed by atoms with Gasteiger partial charge in [-0.15, -0.1) is 11.6 Å². The van der Waals surface area contributed by atoms with E-state index >= 15 is 0 Å². The SMILES string of the molecule is COc1ccc(C(Cl)c2cccc(Br)c2C)cc1Br. The summed E-state index contributed by atoms with van der Waals surface area (Å²) in [7, 11) is 1.65. The second-order valence-electron chi connectivity index (χ2n) is 4.21. The lowest BCUT2D eigenvalue weighted by molar-refractivity contribution is 0.412. The van der Waals surface area contributed by atoms with E-state index in [9.17, 15) is 0 Å². The van der Waals surface area contributed by atoms with Gasteiger partial charge in [-0.05, 0) is 57.7 Å². The van der Waals surface area contributed by atoms with Crippen LogP contribution in [0.2, 0.25) is 0 Å². The summed E-state index contributed by atoms with van der Waals surface area (Å²) < 4.78 is 7.21. The topological polar surface area (TPSA) is 9.23 Å². The molecular formula is C15H13Br2ClO. The Kier molecular flexibility index (Phi) is 4.93. The predicted molar refractivity (Wildman–Crippen MR) is 87.3 cm³/mol. The molecule has 4 heteroatoms. The van der Waals surface area contributed by atoms with E-state index in [0.717, 1.165) is 31.4 Å². The molecule has 1 atom stereocenters. The third-order valence-corrected chi connectivity index (χ3v) is 5.02. The summed E-state index contributed by atoms with van der Waals surface area (Å²) in [6.45, 7) is 2.06. The predicted octanol–water partition coefficient (Wildman–Crippen LogP) is 5.86. The average molecular weight is 405 g/mol. The lowest BCUT2D eigenvalue weighted by atomic mass is 10.00. The van der Waals surface area contributed by atoms with Gasteiger partial charge < -0.3 is 4.74 Å². The van der Waals surface area contributed by atoms with E-state index in [-0.39, 0.29) is 5.38 Å². The first kappa shape index (κ1) is 14.9. The van der Waals surface area contributed by atoms with Crippen molar-refractivity contribution in [1.29, 1.82) is 0 Å². The maximum absolute atomic E-state index is 6.59. The van der Waals surface area contributed by atoms with Crippen molar-refractivity contribution in [3.05, 3.63) is 62.0 Å². The zero-order valence-electron chi connectivity index (χ0n) is 10.6. The van der Waals surface area contributed by atoms with Crippen molar-refractivity contribution in [1.82, 2.24) is 0 Å². The summed E-state index contributed by atoms with van der Waals surface area (Å²) in [6, 6.07) is 12.0. The molecule has 0 saturated carbocycles. The van der Waals surface area contributed by atoms with Crippen LogP contribution in [0.3, 0.4) is 0 Å². The molecule has 0 heterocycles. The molecule has 0 spiro atoms. The maximum atomic E-state index is 6.59. The molecule has 0 radical (unpaired) electrons. The Hall–Kier alpha value is -0.510. The first-order valence-corrected chi connectivity index (χ1v) is 7.79. The van der Waals surface area contributed by atoms with Gasteiger partial charge in [0.15, 0.2) is 0 Å². The van der Waals surface area contributed by atoms with Gasteiger partial charge in [0, 0.05) is 4.47 Å². The molecular weight excluding hydrogens is 391 g/mol. The van der Waals surface area contributed by atoms with Crippen molar-refractivity contribution in [3.63, 3.8) is 0 Å². The number of ether oxygens (including phenoxy) is 1. The van der Waals surface area contributed by atoms with Crippen LogP contribution in [-0.2, 0) is 0 Å². The van der Waals surface area contributed by atoms with Crippen LogP contribution in [0.1, 0.15) is 22.1 Å². The van der Waals surface area contributed by atoms with Crippen LogP contribution in [-0.4, -0.2) is 7.11 Å². The zero-order chi connectivity index (χ0) is 14.0. The smallest absolute Gasteiger partial charge is 0.133 e. The zero-order valence-corrected chi connectivity index (χ0v) is 14.5. The van der Waals surface area contributed by atoms with E-state index in [2.05, 4.69) is 44.8 Å². The standard InChI is InChI=1S/C15H13Br2ClO/c1-9-11(4-3-5-12(9)16)15(18)10-6-7-14(19-2)13(17)8-10/h3-8,15H,1-2H3. The highest BCUT2D eigenvalue weighted by Crippen LogP contribution is 2.36. The van der Waals surface area contributed by atoms with Gasteiger partial charge in [0.25, 0.3) is 0 Å². The summed E-state index contributed by atoms with van der Waals surface area (Å²) in [4.78, 5) is 0. The lowest BCUT2D eigenvalue weighted by Crippen LogP contribution is -1.97. The molecule has 19 heavy (non-hydrogen) atoms. The van der Waals surface area contributed by atoms with E-state index in [0.29, 0.717) is 0 Å². The number of rotatable bonds is 3. The Morgan fingerprint density at radius 2 is 1.84 bits per heavy atom. The first-order chi connectivity index (χ1) is 9.04. The van der Waals surface area contributed by atoms with Crippen LogP contribution in [0.4, 0.5) is 0 Å². The Balaban J connectivity index is 2.41. The Morgan fingerprint density at radius 3 is 2.47 bits per heavy atom. The second kappa shape index (κ2) is 6.29. The molecule has 2 rings (SSSR count). The molecule has 1 unspecified atom stereocenters. The summed E-state index contributed by atoms with van der Waals surface area (Å²) in [5.41, 5.74) is 3.30. The molecule has 0 saturated heterocycles. The summed E-state index contributed by atoms with van der Waals surface area (Å²) in [5, 5.41) is -0.181. The molecule has 0 aromatic heterocycles. The number of benzene rings is 2. The highest BCUT2D eigenvalue weighted by Gasteiger charge is 2.15. The summed E-state index contributed by atoms with van der Waals surface area (Å²) in [5.74, 6) is 0.804. The highest BCUT2D eigenvalue weighted by molar-refractivity contribution is 9.10. The molecule has 1 nitrogen and oxygen atoms in total. The maximum Gasteiger partial charge on any atom is 0.133 e. The number of alkyl halides is 1. The van der Waals surface area contributed by atoms with Crippen LogP contribution >= 0.6 is 43.5 Å². The van der Waals surface area contributed by atoms with Gasteiger partial charge >= 0.3 is 0 Å². The molecule has 100 valence electrons. The molecule has 0 aliphatic heterocycles. The fraction of sp³-hybridized carbons (Fsp3) is 0.200. The minimum atomic E-state index is -0.181. The number of hydrogen-bond donors (Lipinski definition) is 0. The summed E-state index contributed by atoms with van der Waals surface area (Å²) >= 11 is 13.6. The Morgan fingerprint density at radius 1 is 1.11 bits per heavy atom. The van der Waals surface area contributed by atoms with E-state index in [4.69, 9.17) is 16.3 Å². The molecule has 0 amide bonds. The third-order valence-electron chi connectivity index (χ3n) is 3.05. The Labute approximate surface area is 135 Å². The lowest BCUT2D eigenvalue weighted by Gasteiger charge is -2.15. The van der Waals surface area contributed by atoms with Crippen molar-refractivity contribution in [2.45, 2.75) is 12.3 Å². The van der Waals surface area contributed by atoms with Crippen molar-refractivity contribution in [2.24, 2.45) is 0 Å². The van der Waals surface area contributed by atoms with Gasteiger partial charge in [-0.3, -0.25) is 0 Å². The molecule has 0 N–H and O–H groups in total. The molecule has 2 aromatic rings. The van der Waals surface area contributed by atoms with Crippen molar-refractivity contribution in [2.75, 3.05) is 7.11 Å². The average Bonchev–Trinajstić information content (AvgIpc) is 2.41. The number of halogens is 3.